The van der Waals surface area contributed by atoms with E-state index in [-0.39, 0.29) is 0 Å². The quantitative estimate of drug-likeness (QED) is 0.589. The summed E-state index contributed by atoms with van der Waals surface area (Å²) in [6, 6.07) is 11.5. The number of fused-ring (bicyclic) bond motifs is 1. The molecule has 0 unspecified atom stereocenters. The number of nitrogens with zero attached hydrogens (tertiary/aromatic N) is 1. The Labute approximate surface area is 122 Å². The maximum atomic E-state index is 11.0. The normalized spacial score (nSPS) is 11.6. The van der Waals surface area contributed by atoms with Crippen molar-refractivity contribution in [2.24, 2.45) is 0 Å². The molecule has 1 N–H and O–H groups in total. The van der Waals surface area contributed by atoms with Gasteiger partial charge in [-0.25, -0.2) is 0 Å². The molecule has 104 valence electrons. The van der Waals surface area contributed by atoms with Crippen molar-refractivity contribution in [3.63, 3.8) is 0 Å². The van der Waals surface area contributed by atoms with Gasteiger partial charge in [0.25, 0.3) is 0 Å². The first-order valence-corrected chi connectivity index (χ1v) is 6.56. The summed E-state index contributed by atoms with van der Waals surface area (Å²) >= 11 is 0. The van der Waals surface area contributed by atoms with Crippen molar-refractivity contribution in [3.8, 4) is 5.75 Å². The molecule has 0 aliphatic heterocycles. The van der Waals surface area contributed by atoms with Crippen LogP contribution in [0.15, 0.2) is 54.9 Å². The summed E-state index contributed by atoms with van der Waals surface area (Å²) in [5, 5.41) is 1.01. The molecule has 2 heterocycles. The van der Waals surface area contributed by atoms with E-state index in [4.69, 9.17) is 4.74 Å². The average molecular weight is 278 g/mol. The Morgan fingerprint density at radius 1 is 1.29 bits per heavy atom. The fourth-order valence-electron chi connectivity index (χ4n) is 2.38. The van der Waals surface area contributed by atoms with Crippen LogP contribution in [0.2, 0.25) is 0 Å². The van der Waals surface area contributed by atoms with Gasteiger partial charge in [0.15, 0.2) is 0 Å². The van der Waals surface area contributed by atoms with E-state index in [1.807, 2.05) is 42.6 Å². The van der Waals surface area contributed by atoms with Crippen LogP contribution in [0.1, 0.15) is 11.3 Å². The maximum absolute atomic E-state index is 11.0. The fourth-order valence-corrected chi connectivity index (χ4v) is 2.38. The highest BCUT2D eigenvalue weighted by atomic mass is 16.5. The summed E-state index contributed by atoms with van der Waals surface area (Å²) in [5.74, 6) is 0.761. The predicted molar refractivity (Wildman–Crippen MR) is 82.2 cm³/mol. The molecule has 4 nitrogen and oxygen atoms in total. The molecule has 21 heavy (non-hydrogen) atoms. The van der Waals surface area contributed by atoms with Crippen LogP contribution in [0, 0.1) is 0 Å². The number of nitrogens with one attached hydrogen (secondary N) is 1. The van der Waals surface area contributed by atoms with Gasteiger partial charge in [0.2, 0.25) is 0 Å². The zero-order chi connectivity index (χ0) is 14.7. The largest absolute Gasteiger partial charge is 0.496 e. The first-order chi connectivity index (χ1) is 10.3. The van der Waals surface area contributed by atoms with Crippen molar-refractivity contribution in [1.82, 2.24) is 9.97 Å². The van der Waals surface area contributed by atoms with Gasteiger partial charge in [0, 0.05) is 28.9 Å². The lowest BCUT2D eigenvalue weighted by molar-refractivity contribution is -0.104. The van der Waals surface area contributed by atoms with E-state index in [2.05, 4.69) is 9.97 Å². The molecule has 1 aromatic carbocycles. The van der Waals surface area contributed by atoms with Gasteiger partial charge in [0.05, 0.1) is 12.8 Å². The Bertz CT molecular complexity index is 804. The van der Waals surface area contributed by atoms with Crippen molar-refractivity contribution in [2.45, 2.75) is 0 Å². The molecular weight excluding hydrogens is 264 g/mol. The molecule has 2 aromatic heterocycles. The van der Waals surface area contributed by atoms with Gasteiger partial charge in [-0.1, -0.05) is 6.07 Å². The third-order valence-corrected chi connectivity index (χ3v) is 3.34. The number of ether oxygens (including phenoxy) is 1. The highest BCUT2D eigenvalue weighted by Crippen LogP contribution is 2.31. The highest BCUT2D eigenvalue weighted by Gasteiger charge is 2.11. The lowest BCUT2D eigenvalue weighted by atomic mass is 10.00. The Kier molecular flexibility index (Phi) is 3.51. The van der Waals surface area contributed by atoms with E-state index < -0.39 is 0 Å². The molecule has 3 rings (SSSR count). The van der Waals surface area contributed by atoms with Crippen molar-refractivity contribution in [2.75, 3.05) is 7.11 Å². The second kappa shape index (κ2) is 5.63. The van der Waals surface area contributed by atoms with Crippen molar-refractivity contribution >= 4 is 22.8 Å². The molecule has 0 spiro atoms. The van der Waals surface area contributed by atoms with E-state index in [0.29, 0.717) is 0 Å². The first-order valence-electron chi connectivity index (χ1n) is 6.56. The summed E-state index contributed by atoms with van der Waals surface area (Å²) in [6.07, 6.45) is 5.86. The number of aromatic nitrogens is 2. The van der Waals surface area contributed by atoms with Crippen molar-refractivity contribution < 1.29 is 9.53 Å². The molecule has 0 fully saturated rings. The van der Waals surface area contributed by atoms with E-state index in [0.717, 1.165) is 39.8 Å². The molecule has 0 radical (unpaired) electrons. The van der Waals surface area contributed by atoms with Gasteiger partial charge < -0.3 is 9.72 Å². The monoisotopic (exact) mass is 278 g/mol. The third kappa shape index (κ3) is 2.43. The molecule has 0 atom stereocenters. The number of allylic oxidation sites excluding steroid dienone is 1. The van der Waals surface area contributed by atoms with Gasteiger partial charge in [-0.2, -0.15) is 0 Å². The lowest BCUT2D eigenvalue weighted by Gasteiger charge is -2.10. The van der Waals surface area contributed by atoms with Gasteiger partial charge in [-0.3, -0.25) is 9.78 Å². The summed E-state index contributed by atoms with van der Waals surface area (Å²) in [7, 11) is 1.63. The van der Waals surface area contributed by atoms with Gasteiger partial charge in [-0.15, -0.1) is 0 Å². The van der Waals surface area contributed by atoms with Crippen LogP contribution in [0.4, 0.5) is 0 Å². The number of benzene rings is 1. The summed E-state index contributed by atoms with van der Waals surface area (Å²) in [6.45, 7) is 0. The SMILES string of the molecule is COc1cc(/C(=C/C=O)c2ccccn2)cc2[nH]ccc12. The third-order valence-electron chi connectivity index (χ3n) is 3.34. The molecule has 0 aliphatic rings. The first kappa shape index (κ1) is 13.1. The van der Waals surface area contributed by atoms with Crippen LogP contribution in [0.25, 0.3) is 16.5 Å². The highest BCUT2D eigenvalue weighted by molar-refractivity contribution is 5.94. The minimum absolute atomic E-state index is 0.748. The average Bonchev–Trinajstić information content (AvgIpc) is 3.01. The number of carbonyl (C=O) groups is 1. The predicted octanol–water partition coefficient (Wildman–Crippen LogP) is 3.20. The van der Waals surface area contributed by atoms with E-state index in [9.17, 15) is 4.79 Å². The standard InChI is InChI=1S/C17H14N2O2/c1-21-17-11-12(10-16-14(17)5-8-19-16)13(6-9-20)15-4-2-3-7-18-15/h2-11,19H,1H3/b13-6-. The lowest BCUT2D eigenvalue weighted by Crippen LogP contribution is -1.94. The maximum Gasteiger partial charge on any atom is 0.143 e. The van der Waals surface area contributed by atoms with Crippen LogP contribution >= 0.6 is 0 Å². The number of methoxy groups -OCH3 is 1. The van der Waals surface area contributed by atoms with E-state index >= 15 is 0 Å². The van der Waals surface area contributed by atoms with Gasteiger partial charge in [0.1, 0.15) is 12.0 Å². The number of carbonyl (C=O) groups excluding carboxylic acids is 1. The zero-order valence-electron chi connectivity index (χ0n) is 11.5. The Balaban J connectivity index is 2.21. The van der Waals surface area contributed by atoms with Crippen molar-refractivity contribution in [1.29, 1.82) is 0 Å². The Morgan fingerprint density at radius 2 is 2.19 bits per heavy atom. The Hall–Kier alpha value is -2.88. The topological polar surface area (TPSA) is 55.0 Å². The number of aromatic amines is 1. The van der Waals surface area contributed by atoms with Crippen LogP contribution in [-0.4, -0.2) is 23.4 Å². The minimum atomic E-state index is 0.748. The minimum Gasteiger partial charge on any atom is -0.496 e. The summed E-state index contributed by atoms with van der Waals surface area (Å²) in [5.41, 5.74) is 3.35. The zero-order valence-corrected chi connectivity index (χ0v) is 11.5. The number of rotatable bonds is 4. The van der Waals surface area contributed by atoms with E-state index in [1.54, 1.807) is 13.3 Å². The number of pyridine rings is 1. The number of hydrogen-bond acceptors (Lipinski definition) is 3. The number of aldehydes is 1. The van der Waals surface area contributed by atoms with Crippen LogP contribution in [-0.2, 0) is 4.79 Å². The van der Waals surface area contributed by atoms with E-state index in [1.165, 1.54) is 6.08 Å². The van der Waals surface area contributed by atoms with Gasteiger partial charge >= 0.3 is 0 Å². The molecule has 4 heteroatoms. The molecule has 0 bridgehead atoms. The Morgan fingerprint density at radius 3 is 2.90 bits per heavy atom. The van der Waals surface area contributed by atoms with Crippen LogP contribution < -0.4 is 4.74 Å². The van der Waals surface area contributed by atoms with Crippen molar-refractivity contribution in [3.05, 3.63) is 66.1 Å². The van der Waals surface area contributed by atoms with Gasteiger partial charge in [-0.05, 0) is 42.0 Å². The molecule has 3 aromatic rings. The fraction of sp³-hybridized carbons (Fsp3) is 0.0588. The number of hydrogen-bond donors (Lipinski definition) is 1. The second-order valence-electron chi connectivity index (χ2n) is 4.55. The number of H-pyrrole nitrogens is 1. The molecule has 0 saturated carbocycles. The molecule has 0 saturated heterocycles. The summed E-state index contributed by atoms with van der Waals surface area (Å²) < 4.78 is 5.43. The van der Waals surface area contributed by atoms with Crippen LogP contribution in [0.3, 0.4) is 0 Å². The van der Waals surface area contributed by atoms with Crippen LogP contribution in [0.5, 0.6) is 5.75 Å². The molecule has 0 amide bonds. The molecule has 0 aliphatic carbocycles. The molecular formula is C17H14N2O2. The smallest absolute Gasteiger partial charge is 0.143 e. The second-order valence-corrected chi connectivity index (χ2v) is 4.55. The summed E-state index contributed by atoms with van der Waals surface area (Å²) in [4.78, 5) is 18.5.